The Morgan fingerprint density at radius 3 is 2.72 bits per heavy atom. The van der Waals surface area contributed by atoms with Gasteiger partial charge in [0.1, 0.15) is 0 Å². The second kappa shape index (κ2) is 6.52. The number of hydrogen-bond acceptors (Lipinski definition) is 1. The molecule has 0 amide bonds. The maximum atomic E-state index is 9.71. The zero-order valence-electron chi connectivity index (χ0n) is 10.9. The summed E-state index contributed by atoms with van der Waals surface area (Å²) >= 11 is 0. The minimum absolute atomic E-state index is 1.07. The van der Waals surface area contributed by atoms with Gasteiger partial charge in [-0.3, -0.25) is 0 Å². The number of hydrogen-bond donors (Lipinski definition) is 1. The second-order valence-electron chi connectivity index (χ2n) is 4.56. The van der Waals surface area contributed by atoms with E-state index >= 15 is 0 Å². The van der Waals surface area contributed by atoms with Crippen LogP contribution in [0.2, 0.25) is 0 Å². The lowest BCUT2D eigenvalue weighted by atomic mass is 10.0. The minimum Gasteiger partial charge on any atom is -0.433 e. The van der Waals surface area contributed by atoms with Gasteiger partial charge in [-0.2, -0.15) is 0 Å². The lowest BCUT2D eigenvalue weighted by Gasteiger charge is -2.08. The van der Waals surface area contributed by atoms with Gasteiger partial charge in [0.05, 0.1) is 0 Å². The van der Waals surface area contributed by atoms with Gasteiger partial charge in [0.2, 0.25) is 0 Å². The van der Waals surface area contributed by atoms with Crippen molar-refractivity contribution in [2.24, 2.45) is 0 Å². The van der Waals surface area contributed by atoms with Crippen molar-refractivity contribution in [3.05, 3.63) is 54.1 Å². The van der Waals surface area contributed by atoms with E-state index in [4.69, 9.17) is 0 Å². The van der Waals surface area contributed by atoms with Crippen molar-refractivity contribution >= 4 is 25.7 Å². The topological polar surface area (TPSA) is 20.2 Å². The predicted octanol–water partition coefficient (Wildman–Crippen LogP) is 3.45. The first-order valence-electron chi connectivity index (χ1n) is 6.65. The first kappa shape index (κ1) is 13.1. The highest BCUT2D eigenvalue weighted by Crippen LogP contribution is 2.24. The summed E-state index contributed by atoms with van der Waals surface area (Å²) in [6.45, 7) is 2.20. The van der Waals surface area contributed by atoms with Gasteiger partial charge in [-0.25, -0.2) is 0 Å². The molecule has 2 rings (SSSR count). The van der Waals surface area contributed by atoms with Crippen molar-refractivity contribution in [1.29, 1.82) is 0 Å². The minimum atomic E-state index is -1.13. The normalized spacial score (nSPS) is 12.7. The lowest BCUT2D eigenvalue weighted by Crippen LogP contribution is -1.96. The molecule has 2 aromatic rings. The number of fused-ring (bicyclic) bond motifs is 1. The third-order valence-electron chi connectivity index (χ3n) is 3.25. The Morgan fingerprint density at radius 2 is 1.94 bits per heavy atom. The molecule has 94 valence electrons. The Kier molecular flexibility index (Phi) is 4.73. The highest BCUT2D eigenvalue weighted by Gasteiger charge is 2.05. The molecule has 0 unspecified atom stereocenters. The van der Waals surface area contributed by atoms with Crippen LogP contribution in [0.5, 0.6) is 0 Å². The summed E-state index contributed by atoms with van der Waals surface area (Å²) < 4.78 is 0. The Hall–Kier alpha value is -1.38. The molecular weight excluding hydrogens is 236 g/mol. The van der Waals surface area contributed by atoms with E-state index in [1.165, 1.54) is 34.4 Å². The standard InChI is InChI=1S/C16H20OSi/c1-2-3-4-12-16(18-17)15-11-7-9-13-8-5-6-10-14(13)15/h5-12,17H,2-4,18H2,1H3. The van der Waals surface area contributed by atoms with Crippen LogP contribution >= 0.6 is 0 Å². The smallest absolute Gasteiger partial charge is 0.188 e. The fourth-order valence-electron chi connectivity index (χ4n) is 2.25. The lowest BCUT2D eigenvalue weighted by molar-refractivity contribution is 0.616. The summed E-state index contributed by atoms with van der Waals surface area (Å²) in [4.78, 5) is 9.71. The van der Waals surface area contributed by atoms with Crippen LogP contribution in [0.1, 0.15) is 31.7 Å². The van der Waals surface area contributed by atoms with E-state index < -0.39 is 9.76 Å². The Bertz CT molecular complexity index is 540. The molecule has 0 aliphatic heterocycles. The number of allylic oxidation sites excluding steroid dienone is 1. The quantitative estimate of drug-likeness (QED) is 0.642. The SMILES string of the molecule is CCCCC=C([SiH2]O)c1cccc2ccccc12. The maximum Gasteiger partial charge on any atom is 0.188 e. The van der Waals surface area contributed by atoms with Crippen molar-refractivity contribution < 1.29 is 4.80 Å². The van der Waals surface area contributed by atoms with E-state index in [2.05, 4.69) is 55.5 Å². The molecule has 0 atom stereocenters. The van der Waals surface area contributed by atoms with Crippen LogP contribution in [0.3, 0.4) is 0 Å². The van der Waals surface area contributed by atoms with Crippen LogP contribution in [0.25, 0.3) is 16.0 Å². The fourth-order valence-corrected chi connectivity index (χ4v) is 3.06. The second-order valence-corrected chi connectivity index (χ2v) is 5.63. The van der Waals surface area contributed by atoms with Crippen molar-refractivity contribution in [2.45, 2.75) is 26.2 Å². The molecule has 0 aliphatic rings. The molecule has 0 radical (unpaired) electrons. The highest BCUT2D eigenvalue weighted by molar-refractivity contribution is 6.54. The van der Waals surface area contributed by atoms with Gasteiger partial charge in [0, 0.05) is 0 Å². The molecule has 0 saturated heterocycles. The molecule has 0 bridgehead atoms. The molecule has 0 fully saturated rings. The molecule has 0 aromatic heterocycles. The van der Waals surface area contributed by atoms with Crippen molar-refractivity contribution in [3.63, 3.8) is 0 Å². The third-order valence-corrected chi connectivity index (χ3v) is 4.26. The summed E-state index contributed by atoms with van der Waals surface area (Å²) in [6.07, 6.45) is 5.70. The van der Waals surface area contributed by atoms with Crippen molar-refractivity contribution in [2.75, 3.05) is 0 Å². The Labute approximate surface area is 111 Å². The molecule has 2 aromatic carbocycles. The van der Waals surface area contributed by atoms with E-state index in [0.717, 1.165) is 6.42 Å². The summed E-state index contributed by atoms with van der Waals surface area (Å²) in [5, 5.41) is 3.68. The summed E-state index contributed by atoms with van der Waals surface area (Å²) in [5.41, 5.74) is 1.22. The molecule has 0 aliphatic carbocycles. The molecule has 1 nitrogen and oxygen atoms in total. The average molecular weight is 256 g/mol. The molecular formula is C16H20OSi. The zero-order valence-corrected chi connectivity index (χ0v) is 12.3. The van der Waals surface area contributed by atoms with Gasteiger partial charge in [-0.05, 0) is 28.0 Å². The van der Waals surface area contributed by atoms with Crippen molar-refractivity contribution in [1.82, 2.24) is 0 Å². The van der Waals surface area contributed by atoms with E-state index in [1.54, 1.807) is 0 Å². The van der Waals surface area contributed by atoms with E-state index in [9.17, 15) is 4.80 Å². The first-order chi connectivity index (χ1) is 8.86. The fraction of sp³-hybridized carbons (Fsp3) is 0.250. The molecule has 0 saturated carbocycles. The van der Waals surface area contributed by atoms with Crippen LogP contribution in [0.15, 0.2) is 48.5 Å². The summed E-state index contributed by atoms with van der Waals surface area (Å²) in [5.74, 6) is 0. The van der Waals surface area contributed by atoms with Gasteiger partial charge >= 0.3 is 0 Å². The van der Waals surface area contributed by atoms with Gasteiger partial charge in [-0.1, -0.05) is 68.3 Å². The van der Waals surface area contributed by atoms with Gasteiger partial charge in [0.15, 0.2) is 9.76 Å². The average Bonchev–Trinajstić information content (AvgIpc) is 2.43. The largest absolute Gasteiger partial charge is 0.433 e. The van der Waals surface area contributed by atoms with E-state index in [1.807, 2.05) is 0 Å². The monoisotopic (exact) mass is 256 g/mol. The molecule has 18 heavy (non-hydrogen) atoms. The van der Waals surface area contributed by atoms with Crippen LogP contribution in [-0.4, -0.2) is 14.6 Å². The molecule has 0 spiro atoms. The highest BCUT2D eigenvalue weighted by atomic mass is 28.2. The van der Waals surface area contributed by atoms with Crippen LogP contribution in [0.4, 0.5) is 0 Å². The van der Waals surface area contributed by atoms with E-state index in [-0.39, 0.29) is 0 Å². The maximum absolute atomic E-state index is 9.71. The Morgan fingerprint density at radius 1 is 1.17 bits per heavy atom. The predicted molar refractivity (Wildman–Crippen MR) is 82.2 cm³/mol. The molecule has 2 heteroatoms. The molecule has 1 N–H and O–H groups in total. The molecule has 0 heterocycles. The van der Waals surface area contributed by atoms with Crippen LogP contribution in [-0.2, 0) is 0 Å². The van der Waals surface area contributed by atoms with Crippen LogP contribution < -0.4 is 0 Å². The van der Waals surface area contributed by atoms with E-state index in [0.29, 0.717) is 0 Å². The summed E-state index contributed by atoms with van der Waals surface area (Å²) in [7, 11) is -1.13. The van der Waals surface area contributed by atoms with Gasteiger partial charge in [0.25, 0.3) is 0 Å². The number of benzene rings is 2. The third kappa shape index (κ3) is 2.89. The van der Waals surface area contributed by atoms with Crippen molar-refractivity contribution in [3.8, 4) is 0 Å². The van der Waals surface area contributed by atoms with Crippen LogP contribution in [0, 0.1) is 0 Å². The van der Waals surface area contributed by atoms with Gasteiger partial charge < -0.3 is 4.80 Å². The van der Waals surface area contributed by atoms with Gasteiger partial charge in [-0.15, -0.1) is 0 Å². The Balaban J connectivity index is 2.42. The first-order valence-corrected chi connectivity index (χ1v) is 7.98. The number of rotatable bonds is 5. The zero-order chi connectivity index (χ0) is 12.8. The number of unbranched alkanes of at least 4 members (excludes halogenated alkanes) is 2. The summed E-state index contributed by atoms with van der Waals surface area (Å²) in [6, 6.07) is 14.7.